The van der Waals surface area contributed by atoms with Crippen molar-refractivity contribution in [1.82, 2.24) is 0 Å². The van der Waals surface area contributed by atoms with Gasteiger partial charge in [-0.05, 0) is 54.0 Å². The van der Waals surface area contributed by atoms with Crippen molar-refractivity contribution in [3.05, 3.63) is 59.2 Å². The van der Waals surface area contributed by atoms with E-state index in [9.17, 15) is 17.6 Å². The molecule has 2 aromatic carbocycles. The lowest BCUT2D eigenvalue weighted by molar-refractivity contribution is 0.347. The summed E-state index contributed by atoms with van der Waals surface area (Å²) in [4.78, 5) is 0. The van der Waals surface area contributed by atoms with Crippen molar-refractivity contribution in [2.75, 3.05) is 0 Å². The maximum Gasteiger partial charge on any atom is 0.194 e. The maximum atomic E-state index is 14.4. The summed E-state index contributed by atoms with van der Waals surface area (Å²) in [7, 11) is 0. The Morgan fingerprint density at radius 2 is 1.39 bits per heavy atom. The summed E-state index contributed by atoms with van der Waals surface area (Å²) in [5, 5.41) is 0. The van der Waals surface area contributed by atoms with E-state index in [4.69, 9.17) is 0 Å². The molecule has 0 aliphatic heterocycles. The van der Waals surface area contributed by atoms with Crippen molar-refractivity contribution in [3.63, 3.8) is 0 Å². The van der Waals surface area contributed by atoms with Crippen LogP contribution in [0.25, 0.3) is 11.1 Å². The van der Waals surface area contributed by atoms with Crippen LogP contribution in [0.5, 0.6) is 0 Å². The molecule has 0 unspecified atom stereocenters. The Bertz CT molecular complexity index is 692. The summed E-state index contributed by atoms with van der Waals surface area (Å²) < 4.78 is 54.1. The molecule has 4 heteroatoms. The molecule has 1 saturated carbocycles. The quantitative estimate of drug-likeness (QED) is 0.456. The monoisotopic (exact) mass is 322 g/mol. The normalized spacial score (nSPS) is 21.4. The molecule has 1 aliphatic carbocycles. The third-order valence-electron chi connectivity index (χ3n) is 4.78. The molecular weight excluding hydrogens is 304 g/mol. The lowest BCUT2D eigenvalue weighted by Gasteiger charge is -2.26. The van der Waals surface area contributed by atoms with Crippen LogP contribution in [-0.2, 0) is 0 Å². The number of halogens is 4. The SMILES string of the molecule is CC1CCC(c2ccc(-c3cc(F)c(F)c(F)c3)c(F)c2)CC1. The Morgan fingerprint density at radius 3 is 1.96 bits per heavy atom. The zero-order valence-electron chi connectivity index (χ0n) is 12.9. The van der Waals surface area contributed by atoms with E-state index >= 15 is 0 Å². The van der Waals surface area contributed by atoms with Crippen LogP contribution in [0.1, 0.15) is 44.1 Å². The molecule has 0 heterocycles. The second kappa shape index (κ2) is 6.34. The van der Waals surface area contributed by atoms with Gasteiger partial charge in [0.1, 0.15) is 5.82 Å². The lowest BCUT2D eigenvalue weighted by atomic mass is 9.79. The van der Waals surface area contributed by atoms with Gasteiger partial charge in [0, 0.05) is 5.56 Å². The molecule has 1 fully saturated rings. The number of hydrogen-bond acceptors (Lipinski definition) is 0. The first-order valence-electron chi connectivity index (χ1n) is 7.90. The van der Waals surface area contributed by atoms with Gasteiger partial charge in [-0.3, -0.25) is 0 Å². The van der Waals surface area contributed by atoms with Gasteiger partial charge in [-0.25, -0.2) is 17.6 Å². The molecular formula is C19H18F4. The van der Waals surface area contributed by atoms with E-state index < -0.39 is 23.3 Å². The zero-order valence-corrected chi connectivity index (χ0v) is 12.9. The first-order valence-corrected chi connectivity index (χ1v) is 7.90. The van der Waals surface area contributed by atoms with Crippen molar-refractivity contribution in [3.8, 4) is 11.1 Å². The van der Waals surface area contributed by atoms with Gasteiger partial charge in [0.2, 0.25) is 0 Å². The van der Waals surface area contributed by atoms with Crippen LogP contribution in [0.4, 0.5) is 17.6 Å². The molecule has 0 bridgehead atoms. The number of benzene rings is 2. The highest BCUT2D eigenvalue weighted by molar-refractivity contribution is 5.65. The van der Waals surface area contributed by atoms with E-state index in [2.05, 4.69) is 6.92 Å². The van der Waals surface area contributed by atoms with Crippen LogP contribution in [0.3, 0.4) is 0 Å². The highest BCUT2D eigenvalue weighted by atomic mass is 19.2. The summed E-state index contributed by atoms with van der Waals surface area (Å²) >= 11 is 0. The average Bonchev–Trinajstić information content (AvgIpc) is 2.53. The van der Waals surface area contributed by atoms with E-state index in [1.54, 1.807) is 6.07 Å². The van der Waals surface area contributed by atoms with E-state index in [1.807, 2.05) is 0 Å². The Hall–Kier alpha value is -1.84. The van der Waals surface area contributed by atoms with Gasteiger partial charge in [0.25, 0.3) is 0 Å². The van der Waals surface area contributed by atoms with Crippen molar-refractivity contribution in [1.29, 1.82) is 0 Å². The maximum absolute atomic E-state index is 14.4. The van der Waals surface area contributed by atoms with E-state index in [-0.39, 0.29) is 11.1 Å². The topological polar surface area (TPSA) is 0 Å². The Labute approximate surface area is 133 Å². The molecule has 0 nitrogen and oxygen atoms in total. The summed E-state index contributed by atoms with van der Waals surface area (Å²) in [6.45, 7) is 2.22. The van der Waals surface area contributed by atoms with Gasteiger partial charge in [0.15, 0.2) is 17.5 Å². The van der Waals surface area contributed by atoms with Gasteiger partial charge >= 0.3 is 0 Å². The minimum atomic E-state index is -1.54. The molecule has 1 aliphatic rings. The second-order valence-electron chi connectivity index (χ2n) is 6.45. The van der Waals surface area contributed by atoms with Crippen LogP contribution in [0.2, 0.25) is 0 Å². The first-order chi connectivity index (χ1) is 11.0. The van der Waals surface area contributed by atoms with Gasteiger partial charge < -0.3 is 0 Å². The minimum Gasteiger partial charge on any atom is -0.206 e. The van der Waals surface area contributed by atoms with Crippen LogP contribution in [-0.4, -0.2) is 0 Å². The third kappa shape index (κ3) is 3.26. The van der Waals surface area contributed by atoms with Gasteiger partial charge in [-0.1, -0.05) is 31.9 Å². The molecule has 0 radical (unpaired) electrons. The molecule has 0 atom stereocenters. The Morgan fingerprint density at radius 1 is 0.783 bits per heavy atom. The van der Waals surface area contributed by atoms with Crippen LogP contribution < -0.4 is 0 Å². The predicted octanol–water partition coefficient (Wildman–Crippen LogP) is 6.20. The summed E-state index contributed by atoms with van der Waals surface area (Å²) in [5.41, 5.74) is 1.000. The van der Waals surface area contributed by atoms with Crippen molar-refractivity contribution >= 4 is 0 Å². The molecule has 0 aromatic heterocycles. The smallest absolute Gasteiger partial charge is 0.194 e. The third-order valence-corrected chi connectivity index (χ3v) is 4.78. The molecule has 3 rings (SSSR count). The van der Waals surface area contributed by atoms with Crippen LogP contribution in [0.15, 0.2) is 30.3 Å². The standard InChI is InChI=1S/C19H18F4/c1-11-2-4-12(5-3-11)13-6-7-15(16(20)8-13)14-9-17(21)19(23)18(22)10-14/h6-12H,2-5H2,1H3. The molecule has 0 saturated heterocycles. The zero-order chi connectivity index (χ0) is 16.6. The number of rotatable bonds is 2. The summed E-state index contributed by atoms with van der Waals surface area (Å²) in [6, 6.07) is 6.40. The fourth-order valence-electron chi connectivity index (χ4n) is 3.32. The summed E-state index contributed by atoms with van der Waals surface area (Å²) in [6.07, 6.45) is 4.31. The van der Waals surface area contributed by atoms with Gasteiger partial charge in [-0.2, -0.15) is 0 Å². The highest BCUT2D eigenvalue weighted by Crippen LogP contribution is 2.37. The Balaban J connectivity index is 1.91. The van der Waals surface area contributed by atoms with Crippen LogP contribution >= 0.6 is 0 Å². The predicted molar refractivity (Wildman–Crippen MR) is 82.1 cm³/mol. The highest BCUT2D eigenvalue weighted by Gasteiger charge is 2.21. The Kier molecular flexibility index (Phi) is 4.42. The minimum absolute atomic E-state index is 0.00252. The fraction of sp³-hybridized carbons (Fsp3) is 0.368. The molecule has 23 heavy (non-hydrogen) atoms. The molecule has 122 valence electrons. The second-order valence-corrected chi connectivity index (χ2v) is 6.45. The lowest BCUT2D eigenvalue weighted by Crippen LogP contribution is -2.11. The van der Waals surface area contributed by atoms with Crippen molar-refractivity contribution in [2.24, 2.45) is 5.92 Å². The molecule has 2 aromatic rings. The van der Waals surface area contributed by atoms with Crippen molar-refractivity contribution in [2.45, 2.75) is 38.5 Å². The van der Waals surface area contributed by atoms with Crippen molar-refractivity contribution < 1.29 is 17.6 Å². The van der Waals surface area contributed by atoms with Crippen LogP contribution in [0, 0.1) is 29.2 Å². The van der Waals surface area contributed by atoms with E-state index in [1.165, 1.54) is 12.1 Å². The summed E-state index contributed by atoms with van der Waals surface area (Å²) in [5.74, 6) is -3.67. The number of hydrogen-bond donors (Lipinski definition) is 0. The first kappa shape index (κ1) is 16.0. The molecule has 0 amide bonds. The van der Waals surface area contributed by atoms with Gasteiger partial charge in [0.05, 0.1) is 0 Å². The van der Waals surface area contributed by atoms with E-state index in [0.717, 1.165) is 43.4 Å². The molecule has 0 N–H and O–H groups in total. The van der Waals surface area contributed by atoms with E-state index in [0.29, 0.717) is 11.8 Å². The molecule has 0 spiro atoms. The largest absolute Gasteiger partial charge is 0.206 e. The van der Waals surface area contributed by atoms with Gasteiger partial charge in [-0.15, -0.1) is 0 Å². The fourth-order valence-corrected chi connectivity index (χ4v) is 3.32. The average molecular weight is 322 g/mol.